The smallest absolute Gasteiger partial charge is 0.127 e. The van der Waals surface area contributed by atoms with Gasteiger partial charge in [-0.3, -0.25) is 0 Å². The maximum absolute atomic E-state index is 5.62. The zero-order valence-electron chi connectivity index (χ0n) is 9.96. The number of terminal acetylenes is 1. The van der Waals surface area contributed by atoms with E-state index in [1.165, 1.54) is 0 Å². The van der Waals surface area contributed by atoms with Gasteiger partial charge in [0.2, 0.25) is 0 Å². The number of rotatable bonds is 3. The second kappa shape index (κ2) is 3.75. The molecule has 2 heteroatoms. The molecular formula is C14H16O2. The van der Waals surface area contributed by atoms with Gasteiger partial charge in [-0.25, -0.2) is 0 Å². The molecule has 1 fully saturated rings. The number of ether oxygens (including phenoxy) is 2. The average Bonchev–Trinajstić information content (AvgIpc) is 3.08. The minimum Gasteiger partial charge on any atom is -0.496 e. The van der Waals surface area contributed by atoms with Crippen molar-refractivity contribution >= 4 is 0 Å². The van der Waals surface area contributed by atoms with Gasteiger partial charge in [-0.05, 0) is 37.5 Å². The third-order valence-electron chi connectivity index (χ3n) is 3.16. The van der Waals surface area contributed by atoms with Crippen LogP contribution in [0.25, 0.3) is 0 Å². The molecule has 1 aliphatic rings. The first kappa shape index (κ1) is 10.9. The van der Waals surface area contributed by atoms with Gasteiger partial charge in [0.05, 0.1) is 25.2 Å². The fourth-order valence-electron chi connectivity index (χ4n) is 2.11. The summed E-state index contributed by atoms with van der Waals surface area (Å²) in [5.41, 5.74) is 1.99. The summed E-state index contributed by atoms with van der Waals surface area (Å²) < 4.78 is 10.8. The van der Waals surface area contributed by atoms with Crippen LogP contribution in [0.1, 0.15) is 24.0 Å². The lowest BCUT2D eigenvalue weighted by Crippen LogP contribution is -2.08. The highest BCUT2D eigenvalue weighted by Crippen LogP contribution is 2.54. The van der Waals surface area contributed by atoms with E-state index in [9.17, 15) is 0 Å². The Kier molecular flexibility index (Phi) is 2.55. The first-order chi connectivity index (χ1) is 7.66. The zero-order chi connectivity index (χ0) is 11.8. The molecule has 0 bridgehead atoms. The average molecular weight is 216 g/mol. The standard InChI is InChI=1S/C14H16O2/c1-5-14(6-7-14)13-11(15-3)8-10(2)9-12(13)16-4/h1,8-9H,6-7H2,2-4H3. The number of hydrogen-bond acceptors (Lipinski definition) is 2. The molecule has 2 nitrogen and oxygen atoms in total. The largest absolute Gasteiger partial charge is 0.496 e. The van der Waals surface area contributed by atoms with Gasteiger partial charge in [-0.2, -0.15) is 0 Å². The van der Waals surface area contributed by atoms with Gasteiger partial charge in [0.15, 0.2) is 0 Å². The van der Waals surface area contributed by atoms with Crippen molar-refractivity contribution in [1.29, 1.82) is 0 Å². The Morgan fingerprint density at radius 3 is 2.00 bits per heavy atom. The number of hydrogen-bond donors (Lipinski definition) is 0. The van der Waals surface area contributed by atoms with Crippen LogP contribution in [-0.4, -0.2) is 14.2 Å². The van der Waals surface area contributed by atoms with Crippen LogP contribution in [0.2, 0.25) is 0 Å². The van der Waals surface area contributed by atoms with Crippen LogP contribution in [0, 0.1) is 19.3 Å². The molecule has 0 spiro atoms. The summed E-state index contributed by atoms with van der Waals surface area (Å²) in [5.74, 6) is 4.56. The normalized spacial score (nSPS) is 16.4. The predicted molar refractivity (Wildman–Crippen MR) is 64.0 cm³/mol. The van der Waals surface area contributed by atoms with Crippen molar-refractivity contribution in [1.82, 2.24) is 0 Å². The molecule has 0 N–H and O–H groups in total. The zero-order valence-corrected chi connectivity index (χ0v) is 9.96. The Morgan fingerprint density at radius 2 is 1.69 bits per heavy atom. The molecule has 1 saturated carbocycles. The SMILES string of the molecule is C#CC1(c2c(OC)cc(C)cc2OC)CC1. The van der Waals surface area contributed by atoms with Gasteiger partial charge >= 0.3 is 0 Å². The Morgan fingerprint density at radius 1 is 1.19 bits per heavy atom. The molecular weight excluding hydrogens is 200 g/mol. The highest BCUT2D eigenvalue weighted by molar-refractivity contribution is 5.58. The predicted octanol–water partition coefficient (Wildman–Crippen LogP) is 2.68. The van der Waals surface area contributed by atoms with E-state index in [0.717, 1.165) is 35.5 Å². The van der Waals surface area contributed by atoms with E-state index in [1.807, 2.05) is 19.1 Å². The summed E-state index contributed by atoms with van der Waals surface area (Å²) >= 11 is 0. The first-order valence-corrected chi connectivity index (χ1v) is 5.38. The van der Waals surface area contributed by atoms with Crippen molar-refractivity contribution in [3.8, 4) is 23.8 Å². The lowest BCUT2D eigenvalue weighted by atomic mass is 9.93. The second-order valence-corrected chi connectivity index (χ2v) is 4.27. The number of methoxy groups -OCH3 is 2. The fraction of sp³-hybridized carbons (Fsp3) is 0.429. The molecule has 2 rings (SSSR count). The lowest BCUT2D eigenvalue weighted by Gasteiger charge is -2.18. The summed E-state index contributed by atoms with van der Waals surface area (Å²) in [6.07, 6.45) is 7.65. The molecule has 1 aromatic carbocycles. The monoisotopic (exact) mass is 216 g/mol. The van der Waals surface area contributed by atoms with Crippen LogP contribution >= 0.6 is 0 Å². The minimum absolute atomic E-state index is 0.162. The molecule has 0 aliphatic heterocycles. The molecule has 0 radical (unpaired) electrons. The highest BCUT2D eigenvalue weighted by atomic mass is 16.5. The van der Waals surface area contributed by atoms with Gasteiger partial charge in [0.25, 0.3) is 0 Å². The summed E-state index contributed by atoms with van der Waals surface area (Å²) in [5, 5.41) is 0. The summed E-state index contributed by atoms with van der Waals surface area (Å²) in [6, 6.07) is 4.02. The Hall–Kier alpha value is -1.62. The molecule has 1 aromatic rings. The molecule has 0 aromatic heterocycles. The maximum Gasteiger partial charge on any atom is 0.127 e. The van der Waals surface area contributed by atoms with Gasteiger partial charge in [0, 0.05) is 0 Å². The minimum atomic E-state index is -0.162. The summed E-state index contributed by atoms with van der Waals surface area (Å²) in [7, 11) is 3.34. The molecule has 16 heavy (non-hydrogen) atoms. The highest BCUT2D eigenvalue weighted by Gasteiger charge is 2.46. The molecule has 1 aliphatic carbocycles. The van der Waals surface area contributed by atoms with E-state index >= 15 is 0 Å². The van der Waals surface area contributed by atoms with Crippen molar-refractivity contribution in [3.63, 3.8) is 0 Å². The summed E-state index contributed by atoms with van der Waals surface area (Å²) in [4.78, 5) is 0. The Labute approximate surface area is 96.6 Å². The van der Waals surface area contributed by atoms with Crippen LogP contribution in [0.5, 0.6) is 11.5 Å². The van der Waals surface area contributed by atoms with E-state index in [2.05, 4.69) is 5.92 Å². The van der Waals surface area contributed by atoms with Gasteiger partial charge in [0.1, 0.15) is 11.5 Å². The molecule has 84 valence electrons. The molecule has 0 unspecified atom stereocenters. The third kappa shape index (κ3) is 1.53. The van der Waals surface area contributed by atoms with E-state index in [1.54, 1.807) is 14.2 Å². The van der Waals surface area contributed by atoms with Gasteiger partial charge in [-0.15, -0.1) is 6.42 Å². The first-order valence-electron chi connectivity index (χ1n) is 5.38. The molecule has 0 atom stereocenters. The van der Waals surface area contributed by atoms with Crippen molar-refractivity contribution in [2.75, 3.05) is 14.2 Å². The van der Waals surface area contributed by atoms with E-state index < -0.39 is 0 Å². The lowest BCUT2D eigenvalue weighted by molar-refractivity contribution is 0.381. The van der Waals surface area contributed by atoms with Gasteiger partial charge in [-0.1, -0.05) is 5.92 Å². The van der Waals surface area contributed by atoms with E-state index in [0.29, 0.717) is 0 Å². The van der Waals surface area contributed by atoms with Gasteiger partial charge < -0.3 is 9.47 Å². The van der Waals surface area contributed by atoms with Crippen LogP contribution in [0.3, 0.4) is 0 Å². The van der Waals surface area contributed by atoms with Crippen molar-refractivity contribution in [2.24, 2.45) is 0 Å². The van der Waals surface area contributed by atoms with Crippen molar-refractivity contribution in [2.45, 2.75) is 25.2 Å². The van der Waals surface area contributed by atoms with Crippen molar-refractivity contribution < 1.29 is 9.47 Å². The number of aryl methyl sites for hydroxylation is 1. The number of benzene rings is 1. The quantitative estimate of drug-likeness (QED) is 0.723. The maximum atomic E-state index is 5.62. The van der Waals surface area contributed by atoms with Crippen LogP contribution in [0.15, 0.2) is 12.1 Å². The van der Waals surface area contributed by atoms with Crippen LogP contribution in [-0.2, 0) is 5.41 Å². The van der Waals surface area contributed by atoms with Crippen LogP contribution in [0.4, 0.5) is 0 Å². The topological polar surface area (TPSA) is 18.5 Å². The summed E-state index contributed by atoms with van der Waals surface area (Å²) in [6.45, 7) is 2.02. The molecule has 0 amide bonds. The third-order valence-corrected chi connectivity index (χ3v) is 3.16. The molecule has 0 saturated heterocycles. The molecule has 0 heterocycles. The Bertz CT molecular complexity index is 425. The van der Waals surface area contributed by atoms with Crippen molar-refractivity contribution in [3.05, 3.63) is 23.3 Å². The van der Waals surface area contributed by atoms with E-state index in [-0.39, 0.29) is 5.41 Å². The van der Waals surface area contributed by atoms with E-state index in [4.69, 9.17) is 15.9 Å². The fourth-order valence-corrected chi connectivity index (χ4v) is 2.11. The van der Waals surface area contributed by atoms with Crippen LogP contribution < -0.4 is 9.47 Å². The Balaban J connectivity index is 2.62. The second-order valence-electron chi connectivity index (χ2n) is 4.27.